The molecule has 0 spiro atoms. The van der Waals surface area contributed by atoms with Crippen LogP contribution < -0.4 is 0 Å². The van der Waals surface area contributed by atoms with Crippen LogP contribution in [-0.2, 0) is 0 Å². The standard InChI is InChI=1S/C12H16FNO3/c1-9-8-10(2-3-11(9)13)12(17)14(4-6-15)5-7-16/h2-3,8,15-16H,4-7H2,1H3. The highest BCUT2D eigenvalue weighted by Gasteiger charge is 2.15. The Hall–Kier alpha value is -1.46. The molecule has 1 rings (SSSR count). The predicted octanol–water partition coefficient (Wildman–Crippen LogP) is 0.561. The third-order valence-corrected chi connectivity index (χ3v) is 2.43. The van der Waals surface area contributed by atoms with Gasteiger partial charge in [0.25, 0.3) is 5.91 Å². The molecule has 0 atom stereocenters. The van der Waals surface area contributed by atoms with Crippen LogP contribution in [0.4, 0.5) is 4.39 Å². The van der Waals surface area contributed by atoms with Crippen LogP contribution in [0, 0.1) is 12.7 Å². The number of hydrogen-bond donors (Lipinski definition) is 2. The number of carbonyl (C=O) groups excluding carboxylic acids is 1. The number of aryl methyl sites for hydroxylation is 1. The van der Waals surface area contributed by atoms with E-state index < -0.39 is 0 Å². The minimum absolute atomic E-state index is 0.149. The van der Waals surface area contributed by atoms with Crippen molar-refractivity contribution >= 4 is 5.91 Å². The Morgan fingerprint density at radius 1 is 1.29 bits per heavy atom. The Labute approximate surface area is 99.3 Å². The lowest BCUT2D eigenvalue weighted by atomic mass is 10.1. The van der Waals surface area contributed by atoms with Gasteiger partial charge in [0.1, 0.15) is 5.82 Å². The van der Waals surface area contributed by atoms with Gasteiger partial charge in [-0.05, 0) is 30.7 Å². The van der Waals surface area contributed by atoms with Gasteiger partial charge in [-0.15, -0.1) is 0 Å². The van der Waals surface area contributed by atoms with Crippen molar-refractivity contribution in [3.8, 4) is 0 Å². The van der Waals surface area contributed by atoms with Crippen molar-refractivity contribution in [3.63, 3.8) is 0 Å². The van der Waals surface area contributed by atoms with Gasteiger partial charge in [-0.25, -0.2) is 4.39 Å². The van der Waals surface area contributed by atoms with E-state index in [1.807, 2.05) is 0 Å². The first-order chi connectivity index (χ1) is 8.10. The average Bonchev–Trinajstić information content (AvgIpc) is 2.31. The summed E-state index contributed by atoms with van der Waals surface area (Å²) in [4.78, 5) is 13.3. The first kappa shape index (κ1) is 13.6. The van der Waals surface area contributed by atoms with Crippen LogP contribution in [0.25, 0.3) is 0 Å². The largest absolute Gasteiger partial charge is 0.395 e. The summed E-state index contributed by atoms with van der Waals surface area (Å²) >= 11 is 0. The maximum absolute atomic E-state index is 13.1. The van der Waals surface area contributed by atoms with E-state index >= 15 is 0 Å². The first-order valence-corrected chi connectivity index (χ1v) is 5.37. The molecule has 0 fully saturated rings. The predicted molar refractivity (Wildman–Crippen MR) is 61.2 cm³/mol. The Morgan fingerprint density at radius 3 is 2.35 bits per heavy atom. The van der Waals surface area contributed by atoms with Crippen LogP contribution in [-0.4, -0.2) is 47.3 Å². The summed E-state index contributed by atoms with van der Waals surface area (Å²) in [6.45, 7) is 1.53. The molecule has 1 aromatic carbocycles. The van der Waals surface area contributed by atoms with Crippen LogP contribution in [0.2, 0.25) is 0 Å². The van der Waals surface area contributed by atoms with Crippen molar-refractivity contribution in [1.82, 2.24) is 4.90 Å². The van der Waals surface area contributed by atoms with Crippen LogP contribution in [0.5, 0.6) is 0 Å². The molecule has 1 aromatic rings. The number of aliphatic hydroxyl groups excluding tert-OH is 2. The summed E-state index contributed by atoms with van der Waals surface area (Å²) in [7, 11) is 0. The second kappa shape index (κ2) is 6.32. The molecule has 0 unspecified atom stereocenters. The summed E-state index contributed by atoms with van der Waals surface area (Å²) in [6, 6.07) is 4.09. The zero-order chi connectivity index (χ0) is 12.8. The van der Waals surface area contributed by atoms with Crippen LogP contribution in [0.1, 0.15) is 15.9 Å². The summed E-state index contributed by atoms with van der Waals surface area (Å²) in [5.74, 6) is -0.686. The fraction of sp³-hybridized carbons (Fsp3) is 0.417. The number of benzene rings is 1. The molecule has 0 aromatic heterocycles. The van der Waals surface area contributed by atoms with Gasteiger partial charge in [0.2, 0.25) is 0 Å². The third kappa shape index (κ3) is 3.51. The maximum atomic E-state index is 13.1. The van der Waals surface area contributed by atoms with E-state index in [9.17, 15) is 9.18 Å². The van der Waals surface area contributed by atoms with Gasteiger partial charge in [0, 0.05) is 18.7 Å². The Kier molecular flexibility index (Phi) is 5.06. The first-order valence-electron chi connectivity index (χ1n) is 5.37. The molecule has 0 aliphatic rings. The molecule has 5 heteroatoms. The molecule has 0 saturated carbocycles. The van der Waals surface area contributed by atoms with Crippen molar-refractivity contribution in [2.75, 3.05) is 26.3 Å². The molecule has 2 N–H and O–H groups in total. The lowest BCUT2D eigenvalue weighted by molar-refractivity contribution is 0.0684. The molecule has 0 bridgehead atoms. The SMILES string of the molecule is Cc1cc(C(=O)N(CCO)CCO)ccc1F. The summed E-state index contributed by atoms with van der Waals surface area (Å²) < 4.78 is 13.1. The Morgan fingerprint density at radius 2 is 1.88 bits per heavy atom. The maximum Gasteiger partial charge on any atom is 0.254 e. The van der Waals surface area contributed by atoms with Crippen molar-refractivity contribution < 1.29 is 19.4 Å². The molecule has 0 heterocycles. The molecule has 4 nitrogen and oxygen atoms in total. The number of amides is 1. The molecular formula is C12H16FNO3. The van der Waals surface area contributed by atoms with E-state index in [2.05, 4.69) is 0 Å². The molecule has 0 saturated heterocycles. The van der Waals surface area contributed by atoms with E-state index in [1.165, 1.54) is 23.1 Å². The number of nitrogens with zero attached hydrogens (tertiary/aromatic N) is 1. The lowest BCUT2D eigenvalue weighted by Gasteiger charge is -2.20. The quantitative estimate of drug-likeness (QED) is 0.792. The molecular weight excluding hydrogens is 225 g/mol. The zero-order valence-corrected chi connectivity index (χ0v) is 9.69. The lowest BCUT2D eigenvalue weighted by Crippen LogP contribution is -2.35. The zero-order valence-electron chi connectivity index (χ0n) is 9.69. The van der Waals surface area contributed by atoms with Gasteiger partial charge in [-0.3, -0.25) is 4.79 Å². The van der Waals surface area contributed by atoms with E-state index in [0.717, 1.165) is 0 Å². The molecule has 1 amide bonds. The molecule has 0 aliphatic carbocycles. The Balaban J connectivity index is 2.88. The van der Waals surface area contributed by atoms with Gasteiger partial charge in [-0.2, -0.15) is 0 Å². The van der Waals surface area contributed by atoms with Gasteiger partial charge in [0.15, 0.2) is 0 Å². The van der Waals surface area contributed by atoms with E-state index in [-0.39, 0.29) is 38.0 Å². The summed E-state index contributed by atoms with van der Waals surface area (Å²) in [6.07, 6.45) is 0. The van der Waals surface area contributed by atoms with Crippen LogP contribution in [0.15, 0.2) is 18.2 Å². The van der Waals surface area contributed by atoms with Crippen molar-refractivity contribution in [2.24, 2.45) is 0 Å². The van der Waals surface area contributed by atoms with E-state index in [4.69, 9.17) is 10.2 Å². The fourth-order valence-corrected chi connectivity index (χ4v) is 1.52. The normalized spacial score (nSPS) is 10.4. The van der Waals surface area contributed by atoms with Crippen molar-refractivity contribution in [2.45, 2.75) is 6.92 Å². The monoisotopic (exact) mass is 241 g/mol. The Bertz CT molecular complexity index is 389. The molecule has 0 aliphatic heterocycles. The number of aliphatic hydroxyl groups is 2. The fourth-order valence-electron chi connectivity index (χ4n) is 1.52. The summed E-state index contributed by atoms with van der Waals surface area (Å²) in [5, 5.41) is 17.6. The molecule has 94 valence electrons. The topological polar surface area (TPSA) is 60.8 Å². The second-order valence-electron chi connectivity index (χ2n) is 3.70. The minimum atomic E-state index is -0.364. The van der Waals surface area contributed by atoms with E-state index in [1.54, 1.807) is 6.92 Å². The van der Waals surface area contributed by atoms with Gasteiger partial charge in [-0.1, -0.05) is 0 Å². The highest BCUT2D eigenvalue weighted by atomic mass is 19.1. The van der Waals surface area contributed by atoms with Gasteiger partial charge in [0.05, 0.1) is 13.2 Å². The minimum Gasteiger partial charge on any atom is -0.395 e. The highest BCUT2D eigenvalue weighted by molar-refractivity contribution is 5.94. The van der Waals surface area contributed by atoms with Gasteiger partial charge < -0.3 is 15.1 Å². The van der Waals surface area contributed by atoms with Gasteiger partial charge >= 0.3 is 0 Å². The smallest absolute Gasteiger partial charge is 0.254 e. The third-order valence-electron chi connectivity index (χ3n) is 2.43. The molecule has 17 heavy (non-hydrogen) atoms. The number of carbonyl (C=O) groups is 1. The van der Waals surface area contributed by atoms with E-state index in [0.29, 0.717) is 11.1 Å². The van der Waals surface area contributed by atoms with Crippen LogP contribution in [0.3, 0.4) is 0 Å². The summed E-state index contributed by atoms with van der Waals surface area (Å²) in [5.41, 5.74) is 0.745. The second-order valence-corrected chi connectivity index (χ2v) is 3.70. The highest BCUT2D eigenvalue weighted by Crippen LogP contribution is 2.11. The molecule has 0 radical (unpaired) electrons. The van der Waals surface area contributed by atoms with Crippen molar-refractivity contribution in [1.29, 1.82) is 0 Å². The van der Waals surface area contributed by atoms with Crippen molar-refractivity contribution in [3.05, 3.63) is 35.1 Å². The average molecular weight is 241 g/mol. The number of halogens is 1. The number of rotatable bonds is 5. The van der Waals surface area contributed by atoms with Crippen LogP contribution >= 0.6 is 0 Å². The number of hydrogen-bond acceptors (Lipinski definition) is 3.